The number of hydrogen-bond donors (Lipinski definition) is 2. The van der Waals surface area contributed by atoms with Gasteiger partial charge in [-0.15, -0.1) is 0 Å². The zero-order valence-electron chi connectivity index (χ0n) is 10.5. The maximum absolute atomic E-state index is 9.49. The second-order valence-electron chi connectivity index (χ2n) is 5.06. The Labute approximate surface area is 103 Å². The fourth-order valence-electron chi connectivity index (χ4n) is 2.45. The van der Waals surface area contributed by atoms with Crippen molar-refractivity contribution in [1.29, 1.82) is 0 Å². The highest BCUT2D eigenvalue weighted by molar-refractivity contribution is 5.39. The topological polar surface area (TPSA) is 49.5 Å². The van der Waals surface area contributed by atoms with Gasteiger partial charge < -0.3 is 15.7 Å². The van der Waals surface area contributed by atoms with Crippen LogP contribution in [-0.2, 0) is 6.42 Å². The van der Waals surface area contributed by atoms with Crippen LogP contribution in [0.25, 0.3) is 0 Å². The minimum absolute atomic E-state index is 0.0880. The Morgan fingerprint density at radius 2 is 1.88 bits per heavy atom. The maximum atomic E-state index is 9.49. The lowest BCUT2D eigenvalue weighted by atomic mass is 10.0. The molecule has 1 saturated heterocycles. The Kier molecular flexibility index (Phi) is 4.02. The van der Waals surface area contributed by atoms with E-state index < -0.39 is 0 Å². The van der Waals surface area contributed by atoms with Crippen LogP contribution in [0.4, 0.5) is 5.69 Å². The first-order valence-corrected chi connectivity index (χ1v) is 6.41. The van der Waals surface area contributed by atoms with Crippen LogP contribution >= 0.6 is 0 Å². The molecule has 1 fully saturated rings. The summed E-state index contributed by atoms with van der Waals surface area (Å²) in [7, 11) is 0. The summed E-state index contributed by atoms with van der Waals surface area (Å²) in [5.41, 5.74) is 7.83. The molecular formula is C14H22N2O. The molecule has 0 spiro atoms. The summed E-state index contributed by atoms with van der Waals surface area (Å²) in [5, 5.41) is 9.49. The minimum atomic E-state index is -0.0880. The lowest BCUT2D eigenvalue weighted by molar-refractivity contribution is 0.0648. The standard InChI is InChI=1S/C14H22N2O/c1-11(16-8-6-14(17)7-9-16)10-12-2-4-13(15)5-3-12/h2-5,11,14,17H,6-10,15H2,1H3. The molecule has 1 atom stereocenters. The maximum Gasteiger partial charge on any atom is 0.0564 e. The largest absolute Gasteiger partial charge is 0.399 e. The minimum Gasteiger partial charge on any atom is -0.399 e. The lowest BCUT2D eigenvalue weighted by Gasteiger charge is -2.34. The van der Waals surface area contributed by atoms with Gasteiger partial charge in [-0.1, -0.05) is 12.1 Å². The number of rotatable bonds is 3. The highest BCUT2D eigenvalue weighted by atomic mass is 16.3. The van der Waals surface area contributed by atoms with Gasteiger partial charge in [0.25, 0.3) is 0 Å². The van der Waals surface area contributed by atoms with Crippen molar-refractivity contribution >= 4 is 5.69 Å². The van der Waals surface area contributed by atoms with Crippen LogP contribution in [0.15, 0.2) is 24.3 Å². The lowest BCUT2D eigenvalue weighted by Crippen LogP contribution is -2.42. The van der Waals surface area contributed by atoms with E-state index in [1.165, 1.54) is 5.56 Å². The van der Waals surface area contributed by atoms with Crippen molar-refractivity contribution in [1.82, 2.24) is 4.90 Å². The third-order valence-electron chi connectivity index (χ3n) is 3.63. The zero-order chi connectivity index (χ0) is 12.3. The third kappa shape index (κ3) is 3.45. The smallest absolute Gasteiger partial charge is 0.0564 e. The van der Waals surface area contributed by atoms with Crippen molar-refractivity contribution < 1.29 is 5.11 Å². The molecule has 94 valence electrons. The van der Waals surface area contributed by atoms with Gasteiger partial charge in [0.2, 0.25) is 0 Å². The van der Waals surface area contributed by atoms with E-state index in [0.717, 1.165) is 38.0 Å². The van der Waals surface area contributed by atoms with Crippen LogP contribution in [0.3, 0.4) is 0 Å². The first-order valence-electron chi connectivity index (χ1n) is 6.41. The van der Waals surface area contributed by atoms with Crippen LogP contribution < -0.4 is 5.73 Å². The van der Waals surface area contributed by atoms with E-state index in [-0.39, 0.29) is 6.10 Å². The molecule has 1 heterocycles. The number of aliphatic hydroxyl groups is 1. The second kappa shape index (κ2) is 5.52. The molecule has 0 bridgehead atoms. The summed E-state index contributed by atoms with van der Waals surface area (Å²) in [6, 6.07) is 8.66. The number of hydrogen-bond acceptors (Lipinski definition) is 3. The summed E-state index contributed by atoms with van der Waals surface area (Å²) in [6.07, 6.45) is 2.78. The Hall–Kier alpha value is -1.06. The Balaban J connectivity index is 1.88. The zero-order valence-corrected chi connectivity index (χ0v) is 10.5. The summed E-state index contributed by atoms with van der Waals surface area (Å²) < 4.78 is 0. The van der Waals surface area contributed by atoms with Gasteiger partial charge in [-0.2, -0.15) is 0 Å². The van der Waals surface area contributed by atoms with Crippen LogP contribution in [0.1, 0.15) is 25.3 Å². The highest BCUT2D eigenvalue weighted by Gasteiger charge is 2.21. The van der Waals surface area contributed by atoms with Crippen molar-refractivity contribution in [3.63, 3.8) is 0 Å². The summed E-state index contributed by atoms with van der Waals surface area (Å²) in [4.78, 5) is 2.46. The Morgan fingerprint density at radius 1 is 1.29 bits per heavy atom. The van der Waals surface area contributed by atoms with Crippen LogP contribution in [-0.4, -0.2) is 35.2 Å². The molecule has 2 rings (SSSR count). The normalized spacial score (nSPS) is 20.4. The number of nitrogens with zero attached hydrogens (tertiary/aromatic N) is 1. The SMILES string of the molecule is CC(Cc1ccc(N)cc1)N1CCC(O)CC1. The number of nitrogen functional groups attached to an aromatic ring is 1. The first-order chi connectivity index (χ1) is 8.15. The van der Waals surface area contributed by atoms with Gasteiger partial charge in [0.15, 0.2) is 0 Å². The molecule has 3 nitrogen and oxygen atoms in total. The van der Waals surface area contributed by atoms with Gasteiger partial charge in [0, 0.05) is 24.8 Å². The molecule has 3 heteroatoms. The van der Waals surface area contributed by atoms with E-state index in [9.17, 15) is 5.11 Å². The molecular weight excluding hydrogens is 212 g/mol. The van der Waals surface area contributed by atoms with E-state index in [4.69, 9.17) is 5.73 Å². The molecule has 1 aliphatic rings. The number of likely N-dealkylation sites (tertiary alicyclic amines) is 1. The molecule has 17 heavy (non-hydrogen) atoms. The predicted octanol–water partition coefficient (Wildman–Crippen LogP) is 1.66. The molecule has 1 aromatic rings. The van der Waals surface area contributed by atoms with Crippen LogP contribution in [0.2, 0.25) is 0 Å². The van der Waals surface area contributed by atoms with Crippen molar-refractivity contribution in [2.24, 2.45) is 0 Å². The first kappa shape index (κ1) is 12.4. The quantitative estimate of drug-likeness (QED) is 0.782. The van der Waals surface area contributed by atoms with Gasteiger partial charge in [-0.3, -0.25) is 0 Å². The number of nitrogens with two attached hydrogens (primary N) is 1. The van der Waals surface area contributed by atoms with Crippen molar-refractivity contribution in [3.8, 4) is 0 Å². The van der Waals surface area contributed by atoms with E-state index in [1.54, 1.807) is 0 Å². The molecule has 0 saturated carbocycles. The van der Waals surface area contributed by atoms with Gasteiger partial charge in [-0.25, -0.2) is 0 Å². The third-order valence-corrected chi connectivity index (χ3v) is 3.63. The van der Waals surface area contributed by atoms with Crippen LogP contribution in [0, 0.1) is 0 Å². The van der Waals surface area contributed by atoms with Crippen molar-refractivity contribution in [3.05, 3.63) is 29.8 Å². The van der Waals surface area contributed by atoms with E-state index in [0.29, 0.717) is 6.04 Å². The summed E-state index contributed by atoms with van der Waals surface area (Å²) >= 11 is 0. The molecule has 0 amide bonds. The number of aliphatic hydroxyl groups excluding tert-OH is 1. The fourth-order valence-corrected chi connectivity index (χ4v) is 2.45. The second-order valence-corrected chi connectivity index (χ2v) is 5.06. The highest BCUT2D eigenvalue weighted by Crippen LogP contribution is 2.16. The molecule has 0 aliphatic carbocycles. The molecule has 1 unspecified atom stereocenters. The van der Waals surface area contributed by atoms with E-state index in [1.807, 2.05) is 12.1 Å². The number of piperidine rings is 1. The number of anilines is 1. The average Bonchev–Trinajstić information content (AvgIpc) is 2.33. The molecule has 0 aromatic heterocycles. The van der Waals surface area contributed by atoms with E-state index >= 15 is 0 Å². The molecule has 1 aliphatic heterocycles. The summed E-state index contributed by atoms with van der Waals surface area (Å²) in [6.45, 7) is 4.28. The van der Waals surface area contributed by atoms with Gasteiger partial charge in [0.05, 0.1) is 6.10 Å². The average molecular weight is 234 g/mol. The molecule has 3 N–H and O–H groups in total. The van der Waals surface area contributed by atoms with Gasteiger partial charge in [0.1, 0.15) is 0 Å². The van der Waals surface area contributed by atoms with E-state index in [2.05, 4.69) is 24.0 Å². The van der Waals surface area contributed by atoms with Gasteiger partial charge in [-0.05, 0) is 43.9 Å². The fraction of sp³-hybridized carbons (Fsp3) is 0.571. The molecule has 0 radical (unpaired) electrons. The Morgan fingerprint density at radius 3 is 2.47 bits per heavy atom. The van der Waals surface area contributed by atoms with Crippen molar-refractivity contribution in [2.45, 2.75) is 38.3 Å². The molecule has 1 aromatic carbocycles. The van der Waals surface area contributed by atoms with Crippen molar-refractivity contribution in [2.75, 3.05) is 18.8 Å². The van der Waals surface area contributed by atoms with Crippen LogP contribution in [0.5, 0.6) is 0 Å². The predicted molar refractivity (Wildman–Crippen MR) is 70.8 cm³/mol. The summed E-state index contributed by atoms with van der Waals surface area (Å²) in [5.74, 6) is 0. The Bertz CT molecular complexity index is 342. The van der Waals surface area contributed by atoms with Gasteiger partial charge >= 0.3 is 0 Å². The number of benzene rings is 1. The monoisotopic (exact) mass is 234 g/mol.